The highest BCUT2D eigenvalue weighted by Crippen LogP contribution is 2.15. The van der Waals surface area contributed by atoms with Gasteiger partial charge in [0.1, 0.15) is 11.6 Å². The Bertz CT molecular complexity index is 399. The Labute approximate surface area is 111 Å². The Morgan fingerprint density at radius 3 is 2.89 bits per heavy atom. The molecule has 0 saturated heterocycles. The minimum Gasteiger partial charge on any atom is -0.375 e. The summed E-state index contributed by atoms with van der Waals surface area (Å²) < 4.78 is 18.5. The fourth-order valence-electron chi connectivity index (χ4n) is 1.35. The third kappa shape index (κ3) is 6.10. The van der Waals surface area contributed by atoms with Gasteiger partial charge in [-0.2, -0.15) is 0 Å². The Balaban J connectivity index is 2.10. The van der Waals surface area contributed by atoms with Crippen LogP contribution in [0.15, 0.2) is 18.2 Å². The molecule has 0 spiro atoms. The van der Waals surface area contributed by atoms with Crippen LogP contribution in [-0.2, 0) is 16.1 Å². The summed E-state index contributed by atoms with van der Waals surface area (Å²) in [4.78, 5) is 10.7. The number of carbonyl (C=O) groups excluding carboxylic acids is 1. The van der Waals surface area contributed by atoms with Gasteiger partial charge in [0.2, 0.25) is 0 Å². The van der Waals surface area contributed by atoms with Crippen molar-refractivity contribution in [3.05, 3.63) is 34.6 Å². The normalized spacial score (nSPS) is 10.6. The van der Waals surface area contributed by atoms with Gasteiger partial charge in [-0.3, -0.25) is 4.79 Å². The van der Waals surface area contributed by atoms with Gasteiger partial charge in [-0.05, 0) is 24.6 Å². The molecule has 1 rings (SSSR count). The number of Topliss-reactive ketones (excluding diaryl/α,β-unsaturated/α-hetero) is 1. The highest BCUT2D eigenvalue weighted by Gasteiger charge is 2.01. The third-order valence-electron chi connectivity index (χ3n) is 2.33. The monoisotopic (exact) mass is 273 g/mol. The van der Waals surface area contributed by atoms with Crippen molar-refractivity contribution >= 4 is 17.4 Å². The van der Waals surface area contributed by atoms with Crippen LogP contribution in [0.1, 0.15) is 18.9 Å². The number of hydrogen-bond acceptors (Lipinski definition) is 3. The van der Waals surface area contributed by atoms with Gasteiger partial charge in [-0.25, -0.2) is 4.39 Å². The van der Waals surface area contributed by atoms with Gasteiger partial charge in [-0.15, -0.1) is 0 Å². The second-order valence-electron chi connectivity index (χ2n) is 4.00. The van der Waals surface area contributed by atoms with Crippen LogP contribution in [0.5, 0.6) is 0 Å². The molecule has 0 atom stereocenters. The van der Waals surface area contributed by atoms with Crippen LogP contribution in [0.2, 0.25) is 5.02 Å². The van der Waals surface area contributed by atoms with Gasteiger partial charge >= 0.3 is 0 Å². The van der Waals surface area contributed by atoms with Gasteiger partial charge < -0.3 is 10.1 Å². The van der Waals surface area contributed by atoms with Crippen molar-refractivity contribution in [3.8, 4) is 0 Å². The SMILES string of the molecule is CC(=O)CCNCCOCc1ccc(Cl)c(F)c1. The molecule has 18 heavy (non-hydrogen) atoms. The zero-order valence-corrected chi connectivity index (χ0v) is 11.1. The molecule has 1 N–H and O–H groups in total. The number of halogens is 2. The second kappa shape index (κ2) is 8.19. The van der Waals surface area contributed by atoms with Crippen molar-refractivity contribution in [2.24, 2.45) is 0 Å². The van der Waals surface area contributed by atoms with E-state index in [0.717, 1.165) is 5.56 Å². The lowest BCUT2D eigenvalue weighted by atomic mass is 10.2. The molecular formula is C13H17ClFNO2. The van der Waals surface area contributed by atoms with E-state index in [2.05, 4.69) is 5.32 Å². The minimum absolute atomic E-state index is 0.115. The van der Waals surface area contributed by atoms with Crippen molar-refractivity contribution < 1.29 is 13.9 Å². The molecule has 0 bridgehead atoms. The largest absolute Gasteiger partial charge is 0.375 e. The van der Waals surface area contributed by atoms with Gasteiger partial charge in [-0.1, -0.05) is 17.7 Å². The molecule has 0 fully saturated rings. The first-order valence-electron chi connectivity index (χ1n) is 5.81. The zero-order chi connectivity index (χ0) is 13.4. The summed E-state index contributed by atoms with van der Waals surface area (Å²) in [6.45, 7) is 3.76. The maximum absolute atomic E-state index is 13.1. The van der Waals surface area contributed by atoms with Crippen molar-refractivity contribution in [2.45, 2.75) is 20.0 Å². The van der Waals surface area contributed by atoms with E-state index in [0.29, 0.717) is 32.7 Å². The van der Waals surface area contributed by atoms with Crippen LogP contribution in [-0.4, -0.2) is 25.5 Å². The van der Waals surface area contributed by atoms with Crippen LogP contribution in [0.3, 0.4) is 0 Å². The quantitative estimate of drug-likeness (QED) is 0.740. The van der Waals surface area contributed by atoms with Gasteiger partial charge in [0, 0.05) is 19.5 Å². The summed E-state index contributed by atoms with van der Waals surface area (Å²) in [5, 5.41) is 3.20. The summed E-state index contributed by atoms with van der Waals surface area (Å²) in [5.41, 5.74) is 0.751. The molecule has 0 aliphatic carbocycles. The third-order valence-corrected chi connectivity index (χ3v) is 2.64. The maximum Gasteiger partial charge on any atom is 0.142 e. The number of hydrogen-bond donors (Lipinski definition) is 1. The van der Waals surface area contributed by atoms with E-state index < -0.39 is 5.82 Å². The molecule has 100 valence electrons. The molecule has 0 radical (unpaired) electrons. The number of ketones is 1. The molecular weight excluding hydrogens is 257 g/mol. The van der Waals surface area contributed by atoms with Crippen LogP contribution >= 0.6 is 11.6 Å². The van der Waals surface area contributed by atoms with Crippen molar-refractivity contribution in [1.29, 1.82) is 0 Å². The molecule has 1 aromatic rings. The summed E-state index contributed by atoms with van der Waals surface area (Å²) in [7, 11) is 0. The summed E-state index contributed by atoms with van der Waals surface area (Å²) in [5.74, 6) is -0.266. The molecule has 0 saturated carbocycles. The van der Waals surface area contributed by atoms with Gasteiger partial charge in [0.25, 0.3) is 0 Å². The van der Waals surface area contributed by atoms with E-state index in [1.807, 2.05) is 0 Å². The highest BCUT2D eigenvalue weighted by atomic mass is 35.5. The number of carbonyl (C=O) groups is 1. The van der Waals surface area contributed by atoms with Crippen LogP contribution in [0, 0.1) is 5.82 Å². The second-order valence-corrected chi connectivity index (χ2v) is 4.41. The van der Waals surface area contributed by atoms with Crippen molar-refractivity contribution in [2.75, 3.05) is 19.7 Å². The minimum atomic E-state index is -0.433. The van der Waals surface area contributed by atoms with Crippen molar-refractivity contribution in [1.82, 2.24) is 5.32 Å². The zero-order valence-electron chi connectivity index (χ0n) is 10.3. The summed E-state index contributed by atoms with van der Waals surface area (Å²) >= 11 is 5.57. The molecule has 0 aliphatic heterocycles. The standard InChI is InChI=1S/C13H17ClFNO2/c1-10(17)4-5-16-6-7-18-9-11-2-3-12(14)13(15)8-11/h2-3,8,16H,4-7,9H2,1H3. The van der Waals surface area contributed by atoms with E-state index >= 15 is 0 Å². The lowest BCUT2D eigenvalue weighted by Gasteiger charge is -2.06. The average Bonchev–Trinajstić information content (AvgIpc) is 2.32. The summed E-state index contributed by atoms with van der Waals surface area (Å²) in [6.07, 6.45) is 0.530. The van der Waals surface area contributed by atoms with Gasteiger partial charge in [0.05, 0.1) is 18.2 Å². The molecule has 3 nitrogen and oxygen atoms in total. The fraction of sp³-hybridized carbons (Fsp3) is 0.462. The van der Waals surface area contributed by atoms with E-state index in [9.17, 15) is 9.18 Å². The van der Waals surface area contributed by atoms with E-state index in [-0.39, 0.29) is 10.8 Å². The first-order chi connectivity index (χ1) is 8.59. The Morgan fingerprint density at radius 2 is 2.22 bits per heavy atom. The fourth-order valence-corrected chi connectivity index (χ4v) is 1.47. The Hall–Kier alpha value is -0.970. The smallest absolute Gasteiger partial charge is 0.142 e. The molecule has 0 amide bonds. The first kappa shape index (κ1) is 15.1. The predicted molar refractivity (Wildman–Crippen MR) is 69.2 cm³/mol. The molecule has 1 aromatic carbocycles. The topological polar surface area (TPSA) is 38.3 Å². The summed E-state index contributed by atoms with van der Waals surface area (Å²) in [6, 6.07) is 4.61. The predicted octanol–water partition coefficient (Wildman–Crippen LogP) is 2.56. The van der Waals surface area contributed by atoms with Crippen LogP contribution in [0.4, 0.5) is 4.39 Å². The Morgan fingerprint density at radius 1 is 1.44 bits per heavy atom. The van der Waals surface area contributed by atoms with E-state index in [4.69, 9.17) is 16.3 Å². The lowest BCUT2D eigenvalue weighted by molar-refractivity contribution is -0.116. The number of benzene rings is 1. The van der Waals surface area contributed by atoms with Gasteiger partial charge in [0.15, 0.2) is 0 Å². The number of ether oxygens (including phenoxy) is 1. The van der Waals surface area contributed by atoms with Crippen LogP contribution < -0.4 is 5.32 Å². The number of nitrogens with one attached hydrogen (secondary N) is 1. The van der Waals surface area contributed by atoms with Crippen molar-refractivity contribution in [3.63, 3.8) is 0 Å². The van der Waals surface area contributed by atoms with E-state index in [1.54, 1.807) is 13.0 Å². The Kier molecular flexibility index (Phi) is 6.86. The molecule has 0 aromatic heterocycles. The van der Waals surface area contributed by atoms with E-state index in [1.165, 1.54) is 12.1 Å². The molecule has 0 unspecified atom stereocenters. The maximum atomic E-state index is 13.1. The number of rotatable bonds is 8. The molecule has 0 heterocycles. The molecule has 0 aliphatic rings. The first-order valence-corrected chi connectivity index (χ1v) is 6.19. The molecule has 5 heteroatoms. The van der Waals surface area contributed by atoms with Crippen LogP contribution in [0.25, 0.3) is 0 Å². The average molecular weight is 274 g/mol. The lowest BCUT2D eigenvalue weighted by Crippen LogP contribution is -2.22. The highest BCUT2D eigenvalue weighted by molar-refractivity contribution is 6.30.